The summed E-state index contributed by atoms with van der Waals surface area (Å²) in [7, 11) is 1.08. The number of esters is 2. The second kappa shape index (κ2) is 35.8. The van der Waals surface area contributed by atoms with E-state index in [2.05, 4.69) is 45.9 Å². The van der Waals surface area contributed by atoms with Gasteiger partial charge in [-0.1, -0.05) is 140 Å². The van der Waals surface area contributed by atoms with E-state index >= 15 is 0 Å². The molecule has 12 heteroatoms. The zero-order valence-electron chi connectivity index (χ0n) is 40.1. The second-order valence-electron chi connectivity index (χ2n) is 17.9. The molecule has 358 valence electrons. The first-order valence-corrected chi connectivity index (χ1v) is 25.6. The van der Waals surface area contributed by atoms with E-state index in [1.54, 1.807) is 6.08 Å². The third-order valence-corrected chi connectivity index (χ3v) is 11.9. The van der Waals surface area contributed by atoms with Crippen molar-refractivity contribution in [1.82, 2.24) is 0 Å². The van der Waals surface area contributed by atoms with Crippen LogP contribution in [0, 0.1) is 13.8 Å². The van der Waals surface area contributed by atoms with E-state index in [-0.39, 0.29) is 26.1 Å². The minimum Gasteiger partial charge on any atom is -0.756 e. The Morgan fingerprint density at radius 1 is 0.710 bits per heavy atom. The maximum absolute atomic E-state index is 12.7. The largest absolute Gasteiger partial charge is 0.756 e. The van der Waals surface area contributed by atoms with Crippen LogP contribution in [-0.4, -0.2) is 81.2 Å². The number of phosphoric ester groups is 1. The molecular weight excluding hydrogens is 806 g/mol. The van der Waals surface area contributed by atoms with Gasteiger partial charge < -0.3 is 37.4 Å². The van der Waals surface area contributed by atoms with Gasteiger partial charge in [-0.25, -0.2) is 0 Å². The number of aryl methyl sites for hydroxylation is 2. The topological polar surface area (TPSA) is 145 Å². The van der Waals surface area contributed by atoms with Gasteiger partial charge in [0.2, 0.25) is 0 Å². The molecule has 0 aliphatic carbocycles. The number of furan rings is 1. The van der Waals surface area contributed by atoms with Gasteiger partial charge in [0.25, 0.3) is 7.82 Å². The van der Waals surface area contributed by atoms with Crippen LogP contribution in [0.15, 0.2) is 40.9 Å². The van der Waals surface area contributed by atoms with E-state index in [4.69, 9.17) is 22.9 Å². The van der Waals surface area contributed by atoms with Gasteiger partial charge in [-0.05, 0) is 69.9 Å². The van der Waals surface area contributed by atoms with Crippen molar-refractivity contribution in [2.45, 2.75) is 200 Å². The van der Waals surface area contributed by atoms with Crippen LogP contribution in [0.25, 0.3) is 0 Å². The lowest BCUT2D eigenvalue weighted by Gasteiger charge is -2.28. The molecule has 2 unspecified atom stereocenters. The molecule has 0 radical (unpaired) electrons. The number of quaternary nitrogens is 1. The molecule has 1 heterocycles. The number of nitrogens with zero attached hydrogens (tertiary/aromatic N) is 1. The Kier molecular flexibility index (Phi) is 33.2. The van der Waals surface area contributed by atoms with Crippen molar-refractivity contribution in [1.29, 1.82) is 0 Å². The summed E-state index contributed by atoms with van der Waals surface area (Å²) in [5, 5.41) is 10.2. The number of unbranched alkanes of at least 4 members (excludes halogenated alkanes) is 15. The number of aliphatic hydroxyl groups excluding tert-OH is 1. The van der Waals surface area contributed by atoms with Gasteiger partial charge in [0, 0.05) is 25.7 Å². The average Bonchev–Trinajstić information content (AvgIpc) is 3.48. The van der Waals surface area contributed by atoms with Crippen LogP contribution in [0.5, 0.6) is 0 Å². The molecule has 62 heavy (non-hydrogen) atoms. The minimum atomic E-state index is -4.66. The van der Waals surface area contributed by atoms with Crippen LogP contribution in [0.4, 0.5) is 0 Å². The standard InChI is InChI=1S/C50H88NO10P/c1-8-10-12-13-18-22-28-33-45(52)34-29-23-21-26-32-38-50(54)60-46(42-59-62(55,56)58-40-39-51(5,6)7)41-57-49(53)37-31-25-20-17-15-14-16-19-24-30-36-48-44(4)43(3)47(61-48)35-27-11-9-2/h10,12,18,22,28,33,45-46,52H,8-9,11,13-17,19-21,23-27,29-32,34-42H2,1-7H3/b12-10+,22-18+,33-28+/t45?,46-/m1/s1. The molecule has 1 aromatic heterocycles. The Morgan fingerprint density at radius 3 is 1.84 bits per heavy atom. The van der Waals surface area contributed by atoms with Crippen LogP contribution in [0.1, 0.15) is 184 Å². The summed E-state index contributed by atoms with van der Waals surface area (Å²) in [5.41, 5.74) is 2.68. The summed E-state index contributed by atoms with van der Waals surface area (Å²) in [6.45, 7) is 8.32. The van der Waals surface area contributed by atoms with Crippen molar-refractivity contribution in [3.8, 4) is 0 Å². The van der Waals surface area contributed by atoms with Gasteiger partial charge >= 0.3 is 11.9 Å². The van der Waals surface area contributed by atoms with Gasteiger partial charge in [0.1, 0.15) is 31.3 Å². The number of allylic oxidation sites excluding steroid dienone is 5. The molecular formula is C50H88NO10P. The lowest BCUT2D eigenvalue weighted by Crippen LogP contribution is -2.37. The number of carbonyl (C=O) groups excluding carboxylic acids is 2. The number of likely N-dealkylation sites (N-methyl/N-ethyl adjacent to an activating group) is 1. The van der Waals surface area contributed by atoms with Crippen molar-refractivity contribution in [3.05, 3.63) is 59.1 Å². The van der Waals surface area contributed by atoms with Crippen LogP contribution < -0.4 is 4.89 Å². The Bertz CT molecular complexity index is 1450. The first-order valence-electron chi connectivity index (χ1n) is 24.2. The fourth-order valence-corrected chi connectivity index (χ4v) is 7.63. The monoisotopic (exact) mass is 894 g/mol. The SMILES string of the molecule is CC/C=C/C/C=C/C=C/C(O)CCCCCCCC(=O)O[C@H](COC(=O)CCCCCCCCCCCCc1oc(CCCCC)c(C)c1C)COP(=O)([O-])OCC[N+](C)(C)C. The molecule has 0 saturated carbocycles. The predicted molar refractivity (Wildman–Crippen MR) is 250 cm³/mol. The molecule has 0 fully saturated rings. The molecule has 0 amide bonds. The van der Waals surface area contributed by atoms with Crippen LogP contribution in [0.2, 0.25) is 0 Å². The van der Waals surface area contributed by atoms with Gasteiger partial charge in [-0.3, -0.25) is 14.2 Å². The molecule has 0 aliphatic heterocycles. The molecule has 1 rings (SSSR count). The zero-order valence-corrected chi connectivity index (χ0v) is 41.0. The number of ether oxygens (including phenoxy) is 2. The lowest BCUT2D eigenvalue weighted by atomic mass is 10.0. The highest BCUT2D eigenvalue weighted by molar-refractivity contribution is 7.45. The molecule has 0 aromatic carbocycles. The molecule has 1 N–H and O–H groups in total. The Balaban J connectivity index is 2.33. The third kappa shape index (κ3) is 32.2. The highest BCUT2D eigenvalue weighted by atomic mass is 31.2. The number of hydrogen-bond acceptors (Lipinski definition) is 10. The molecule has 0 bridgehead atoms. The van der Waals surface area contributed by atoms with Crippen molar-refractivity contribution in [2.75, 3.05) is 47.5 Å². The van der Waals surface area contributed by atoms with Crippen molar-refractivity contribution < 1.29 is 51.6 Å². The van der Waals surface area contributed by atoms with Gasteiger partial charge in [-0.15, -0.1) is 0 Å². The normalized spacial score (nSPS) is 14.3. The highest BCUT2D eigenvalue weighted by Crippen LogP contribution is 2.38. The summed E-state index contributed by atoms with van der Waals surface area (Å²) in [6.07, 6.45) is 34.4. The van der Waals surface area contributed by atoms with Crippen LogP contribution in [0.3, 0.4) is 0 Å². The van der Waals surface area contributed by atoms with Crippen LogP contribution >= 0.6 is 7.82 Å². The molecule has 3 atom stereocenters. The van der Waals surface area contributed by atoms with Crippen molar-refractivity contribution in [2.24, 2.45) is 0 Å². The maximum atomic E-state index is 12.7. The van der Waals surface area contributed by atoms with Gasteiger partial charge in [-0.2, -0.15) is 0 Å². The number of aliphatic hydroxyl groups is 1. The first-order chi connectivity index (χ1) is 29.7. The predicted octanol–water partition coefficient (Wildman–Crippen LogP) is 11.7. The fourth-order valence-electron chi connectivity index (χ4n) is 6.90. The number of phosphoric acid groups is 1. The molecule has 11 nitrogen and oxygen atoms in total. The lowest BCUT2D eigenvalue weighted by molar-refractivity contribution is -0.870. The summed E-state index contributed by atoms with van der Waals surface area (Å²) < 4.78 is 40.2. The van der Waals surface area contributed by atoms with Crippen LogP contribution in [-0.2, 0) is 45.5 Å². The summed E-state index contributed by atoms with van der Waals surface area (Å²) in [6, 6.07) is 0. The van der Waals surface area contributed by atoms with E-state index in [1.807, 2.05) is 33.3 Å². The zero-order chi connectivity index (χ0) is 45.9. The number of carbonyl (C=O) groups is 2. The second-order valence-corrected chi connectivity index (χ2v) is 19.3. The highest BCUT2D eigenvalue weighted by Gasteiger charge is 2.22. The third-order valence-electron chi connectivity index (χ3n) is 11.0. The van der Waals surface area contributed by atoms with Crippen molar-refractivity contribution in [3.63, 3.8) is 0 Å². The molecule has 0 aliphatic rings. The Morgan fingerprint density at radius 2 is 1.26 bits per heavy atom. The minimum absolute atomic E-state index is 0.0550. The summed E-state index contributed by atoms with van der Waals surface area (Å²) in [5.74, 6) is 1.44. The fraction of sp³-hybridized carbons (Fsp3) is 0.760. The van der Waals surface area contributed by atoms with E-state index in [1.165, 1.54) is 80.4 Å². The molecule has 0 saturated heterocycles. The molecule has 0 spiro atoms. The van der Waals surface area contributed by atoms with Gasteiger partial charge in [0.05, 0.1) is 33.9 Å². The quantitative estimate of drug-likeness (QED) is 0.0169. The van der Waals surface area contributed by atoms with Crippen molar-refractivity contribution >= 4 is 19.8 Å². The van der Waals surface area contributed by atoms with E-state index in [9.17, 15) is 24.2 Å². The first kappa shape index (κ1) is 57.5. The summed E-state index contributed by atoms with van der Waals surface area (Å²) in [4.78, 5) is 37.7. The number of hydrogen-bond donors (Lipinski definition) is 1. The summed E-state index contributed by atoms with van der Waals surface area (Å²) >= 11 is 0. The molecule has 1 aromatic rings. The van der Waals surface area contributed by atoms with E-state index < -0.39 is 38.6 Å². The number of rotatable bonds is 40. The van der Waals surface area contributed by atoms with E-state index in [0.717, 1.165) is 70.6 Å². The smallest absolute Gasteiger partial charge is 0.306 e. The van der Waals surface area contributed by atoms with E-state index in [0.29, 0.717) is 30.3 Å². The van der Waals surface area contributed by atoms with Gasteiger partial charge in [0.15, 0.2) is 6.10 Å². The Hall–Kier alpha value is -2.53. The maximum Gasteiger partial charge on any atom is 0.306 e. The average molecular weight is 894 g/mol. The Labute approximate surface area is 377 Å².